The third-order valence-corrected chi connectivity index (χ3v) is 4.14. The van der Waals surface area contributed by atoms with E-state index in [2.05, 4.69) is 24.1 Å². The zero-order chi connectivity index (χ0) is 13.1. The summed E-state index contributed by atoms with van der Waals surface area (Å²) in [7, 11) is 1.77. The zero-order valence-corrected chi connectivity index (χ0v) is 11.8. The van der Waals surface area contributed by atoms with Gasteiger partial charge >= 0.3 is 0 Å². The number of carbonyl (C=O) groups is 1. The van der Waals surface area contributed by atoms with Crippen molar-refractivity contribution in [1.29, 1.82) is 0 Å². The van der Waals surface area contributed by atoms with Gasteiger partial charge in [-0.05, 0) is 32.1 Å². The number of nitrogens with zero attached hydrogens (tertiary/aromatic N) is 1. The van der Waals surface area contributed by atoms with Crippen LogP contribution in [0.15, 0.2) is 0 Å². The summed E-state index contributed by atoms with van der Waals surface area (Å²) in [4.78, 5) is 14.6. The molecule has 3 atom stereocenters. The maximum atomic E-state index is 12.5. The maximum absolute atomic E-state index is 12.5. The van der Waals surface area contributed by atoms with Crippen molar-refractivity contribution in [2.45, 2.75) is 70.2 Å². The van der Waals surface area contributed by atoms with Crippen LogP contribution in [0, 0.1) is 0 Å². The Morgan fingerprint density at radius 2 is 2.11 bits per heavy atom. The monoisotopic (exact) mass is 254 g/mol. The van der Waals surface area contributed by atoms with Gasteiger partial charge in [-0.25, -0.2) is 0 Å². The molecule has 1 N–H and O–H groups in total. The predicted molar refractivity (Wildman–Crippen MR) is 71.4 cm³/mol. The number of hydrogen-bond donors (Lipinski definition) is 1. The van der Waals surface area contributed by atoms with E-state index >= 15 is 0 Å². The van der Waals surface area contributed by atoms with Crippen LogP contribution >= 0.6 is 0 Å². The number of methoxy groups -OCH3 is 1. The van der Waals surface area contributed by atoms with Gasteiger partial charge in [0.25, 0.3) is 0 Å². The molecule has 0 radical (unpaired) electrons. The van der Waals surface area contributed by atoms with Crippen LogP contribution in [-0.4, -0.2) is 48.7 Å². The average Bonchev–Trinajstić information content (AvgIpc) is 2.80. The summed E-state index contributed by atoms with van der Waals surface area (Å²) in [6.45, 7) is 5.13. The largest absolute Gasteiger partial charge is 0.381 e. The molecule has 0 aromatic heterocycles. The molecule has 1 aliphatic carbocycles. The minimum atomic E-state index is 0.0281. The molecule has 0 spiro atoms. The van der Waals surface area contributed by atoms with Gasteiger partial charge in [-0.2, -0.15) is 0 Å². The van der Waals surface area contributed by atoms with Crippen LogP contribution in [-0.2, 0) is 9.53 Å². The summed E-state index contributed by atoms with van der Waals surface area (Å²) in [5.41, 5.74) is 0. The van der Waals surface area contributed by atoms with E-state index in [1.165, 1.54) is 0 Å². The molecule has 2 fully saturated rings. The second-order valence-corrected chi connectivity index (χ2v) is 5.87. The van der Waals surface area contributed by atoms with Crippen LogP contribution < -0.4 is 5.32 Å². The second-order valence-electron chi connectivity index (χ2n) is 5.87. The molecular formula is C14H26N2O2. The molecule has 1 saturated heterocycles. The Bertz CT molecular complexity index is 294. The number of ether oxygens (including phenoxy) is 1. The van der Waals surface area contributed by atoms with Crippen LogP contribution in [0.1, 0.15) is 46.0 Å². The van der Waals surface area contributed by atoms with Crippen molar-refractivity contribution >= 4 is 5.91 Å². The van der Waals surface area contributed by atoms with Gasteiger partial charge in [0.2, 0.25) is 5.91 Å². The molecular weight excluding hydrogens is 228 g/mol. The van der Waals surface area contributed by atoms with Crippen LogP contribution in [0.3, 0.4) is 0 Å². The van der Waals surface area contributed by atoms with Crippen molar-refractivity contribution in [2.24, 2.45) is 0 Å². The first-order valence-electron chi connectivity index (χ1n) is 7.21. The summed E-state index contributed by atoms with van der Waals surface area (Å²) in [6.07, 6.45) is 5.64. The van der Waals surface area contributed by atoms with E-state index in [0.29, 0.717) is 24.1 Å². The molecule has 4 heteroatoms. The van der Waals surface area contributed by atoms with Crippen molar-refractivity contribution in [1.82, 2.24) is 10.2 Å². The lowest BCUT2D eigenvalue weighted by Gasteiger charge is -2.37. The van der Waals surface area contributed by atoms with E-state index in [1.54, 1.807) is 7.11 Å². The highest BCUT2D eigenvalue weighted by Crippen LogP contribution is 2.28. The Morgan fingerprint density at radius 1 is 1.33 bits per heavy atom. The van der Waals surface area contributed by atoms with E-state index in [0.717, 1.165) is 38.6 Å². The Morgan fingerprint density at radius 3 is 2.72 bits per heavy atom. The molecule has 0 aromatic rings. The third kappa shape index (κ3) is 3.04. The third-order valence-electron chi connectivity index (χ3n) is 4.14. The highest BCUT2D eigenvalue weighted by atomic mass is 16.5. The van der Waals surface area contributed by atoms with Crippen LogP contribution in [0.4, 0.5) is 0 Å². The average molecular weight is 254 g/mol. The fourth-order valence-electron chi connectivity index (χ4n) is 3.23. The van der Waals surface area contributed by atoms with Crippen LogP contribution in [0.5, 0.6) is 0 Å². The molecule has 4 nitrogen and oxygen atoms in total. The lowest BCUT2D eigenvalue weighted by atomic mass is 10.0. The van der Waals surface area contributed by atoms with Crippen LogP contribution in [0.2, 0.25) is 0 Å². The standard InChI is InChI=1S/C14H26N2O2/c1-10(2)15-13-5-4-8-16(14(13)17)11-6-7-12(9-11)18-3/h10-13,15H,4-9H2,1-3H3. The second kappa shape index (κ2) is 6.02. The smallest absolute Gasteiger partial charge is 0.239 e. The van der Waals surface area contributed by atoms with Crippen molar-refractivity contribution in [3.8, 4) is 0 Å². The molecule has 0 aromatic carbocycles. The van der Waals surface area contributed by atoms with Gasteiger partial charge < -0.3 is 15.0 Å². The molecule has 1 amide bonds. The van der Waals surface area contributed by atoms with E-state index in [4.69, 9.17) is 4.74 Å². The number of carbonyl (C=O) groups excluding carboxylic acids is 1. The Balaban J connectivity index is 1.94. The minimum absolute atomic E-state index is 0.0281. The van der Waals surface area contributed by atoms with Gasteiger partial charge in [-0.15, -0.1) is 0 Å². The minimum Gasteiger partial charge on any atom is -0.381 e. The number of piperidine rings is 1. The highest BCUT2D eigenvalue weighted by Gasteiger charge is 2.36. The van der Waals surface area contributed by atoms with Gasteiger partial charge in [-0.3, -0.25) is 4.79 Å². The van der Waals surface area contributed by atoms with Gasteiger partial charge in [0.15, 0.2) is 0 Å². The molecule has 2 aliphatic rings. The summed E-state index contributed by atoms with van der Waals surface area (Å²) in [6, 6.07) is 0.800. The number of likely N-dealkylation sites (tertiary alicyclic amines) is 1. The fourth-order valence-corrected chi connectivity index (χ4v) is 3.23. The maximum Gasteiger partial charge on any atom is 0.239 e. The van der Waals surface area contributed by atoms with Crippen molar-refractivity contribution in [2.75, 3.05) is 13.7 Å². The Hall–Kier alpha value is -0.610. The van der Waals surface area contributed by atoms with Gasteiger partial charge in [0.1, 0.15) is 0 Å². The number of amides is 1. The first-order valence-corrected chi connectivity index (χ1v) is 7.21. The lowest BCUT2D eigenvalue weighted by molar-refractivity contribution is -0.138. The normalized spacial score (nSPS) is 33.4. The lowest BCUT2D eigenvalue weighted by Crippen LogP contribution is -2.55. The van der Waals surface area contributed by atoms with Crippen molar-refractivity contribution in [3.05, 3.63) is 0 Å². The van der Waals surface area contributed by atoms with E-state index in [-0.39, 0.29) is 6.04 Å². The SMILES string of the molecule is COC1CCC(N2CCCC(NC(C)C)C2=O)C1. The van der Waals surface area contributed by atoms with Gasteiger partial charge in [-0.1, -0.05) is 13.8 Å². The Labute approximate surface area is 110 Å². The Kier molecular flexibility index (Phi) is 4.62. The number of nitrogens with one attached hydrogen (secondary N) is 1. The summed E-state index contributed by atoms with van der Waals surface area (Å²) >= 11 is 0. The van der Waals surface area contributed by atoms with Gasteiger partial charge in [0.05, 0.1) is 12.1 Å². The number of rotatable bonds is 4. The molecule has 3 unspecified atom stereocenters. The quantitative estimate of drug-likeness (QED) is 0.827. The number of hydrogen-bond acceptors (Lipinski definition) is 3. The molecule has 2 rings (SSSR count). The topological polar surface area (TPSA) is 41.6 Å². The molecule has 0 bridgehead atoms. The van der Waals surface area contributed by atoms with E-state index in [1.807, 2.05) is 0 Å². The van der Waals surface area contributed by atoms with Gasteiger partial charge in [0, 0.05) is 25.7 Å². The summed E-state index contributed by atoms with van der Waals surface area (Å²) < 4.78 is 5.41. The zero-order valence-electron chi connectivity index (χ0n) is 11.8. The molecule has 104 valence electrons. The first kappa shape index (κ1) is 13.8. The molecule has 1 heterocycles. The van der Waals surface area contributed by atoms with Crippen molar-refractivity contribution in [3.63, 3.8) is 0 Å². The molecule has 1 saturated carbocycles. The summed E-state index contributed by atoms with van der Waals surface area (Å²) in [5, 5.41) is 3.39. The first-order chi connectivity index (χ1) is 8.61. The molecule has 18 heavy (non-hydrogen) atoms. The van der Waals surface area contributed by atoms with E-state index in [9.17, 15) is 4.79 Å². The fraction of sp³-hybridized carbons (Fsp3) is 0.929. The highest BCUT2D eigenvalue weighted by molar-refractivity contribution is 5.83. The van der Waals surface area contributed by atoms with E-state index < -0.39 is 0 Å². The predicted octanol–water partition coefficient (Wildman–Crippen LogP) is 1.54. The molecule has 1 aliphatic heterocycles. The van der Waals surface area contributed by atoms with Crippen LogP contribution in [0.25, 0.3) is 0 Å². The summed E-state index contributed by atoms with van der Waals surface area (Å²) in [5.74, 6) is 0.303. The van der Waals surface area contributed by atoms with Crippen molar-refractivity contribution < 1.29 is 9.53 Å².